The standard InChI is InChI=1S/C17H24O3/c1-10-11(2)19-12(3)16(10)17(18)13-4-6-14(7-5-13)20-15-8-9-15/h4-7,10-12,15-18H,8-9H2,1-3H3. The van der Waals surface area contributed by atoms with Crippen molar-refractivity contribution < 1.29 is 14.6 Å². The van der Waals surface area contributed by atoms with Crippen LogP contribution in [0.2, 0.25) is 0 Å². The quantitative estimate of drug-likeness (QED) is 0.917. The Hall–Kier alpha value is -1.06. The Balaban J connectivity index is 1.71. The van der Waals surface area contributed by atoms with Crippen molar-refractivity contribution in [2.24, 2.45) is 11.8 Å². The van der Waals surface area contributed by atoms with Gasteiger partial charge in [-0.2, -0.15) is 0 Å². The Morgan fingerprint density at radius 3 is 2.25 bits per heavy atom. The third-order valence-corrected chi connectivity index (χ3v) is 4.73. The number of ether oxygens (including phenoxy) is 2. The second-order valence-electron chi connectivity index (χ2n) is 6.31. The van der Waals surface area contributed by atoms with Crippen LogP contribution in [0.15, 0.2) is 24.3 Å². The largest absolute Gasteiger partial charge is 0.490 e. The van der Waals surface area contributed by atoms with Gasteiger partial charge in [0.05, 0.1) is 24.4 Å². The first-order valence-corrected chi connectivity index (χ1v) is 7.66. The van der Waals surface area contributed by atoms with Gasteiger partial charge in [-0.3, -0.25) is 0 Å². The summed E-state index contributed by atoms with van der Waals surface area (Å²) in [5.74, 6) is 1.42. The molecule has 3 heteroatoms. The monoisotopic (exact) mass is 276 g/mol. The second-order valence-corrected chi connectivity index (χ2v) is 6.31. The molecule has 1 saturated carbocycles. The molecule has 3 rings (SSSR count). The van der Waals surface area contributed by atoms with E-state index in [-0.39, 0.29) is 18.1 Å². The van der Waals surface area contributed by atoms with Crippen LogP contribution in [0.25, 0.3) is 0 Å². The van der Waals surface area contributed by atoms with E-state index in [0.717, 1.165) is 24.2 Å². The van der Waals surface area contributed by atoms with Gasteiger partial charge >= 0.3 is 0 Å². The van der Waals surface area contributed by atoms with Gasteiger partial charge in [0, 0.05) is 5.92 Å². The number of rotatable bonds is 4. The SMILES string of the molecule is CC1OC(C)C(C(O)c2ccc(OC3CC3)cc2)C1C. The third-order valence-electron chi connectivity index (χ3n) is 4.73. The van der Waals surface area contributed by atoms with Gasteiger partial charge in [-0.15, -0.1) is 0 Å². The predicted molar refractivity (Wildman–Crippen MR) is 77.7 cm³/mol. The normalized spacial score (nSPS) is 35.0. The molecule has 1 aromatic carbocycles. The summed E-state index contributed by atoms with van der Waals surface area (Å²) in [6.45, 7) is 6.30. The van der Waals surface area contributed by atoms with E-state index in [1.165, 1.54) is 0 Å². The van der Waals surface area contributed by atoms with Crippen molar-refractivity contribution in [3.63, 3.8) is 0 Å². The van der Waals surface area contributed by atoms with Gasteiger partial charge in [-0.05, 0) is 50.3 Å². The highest BCUT2D eigenvalue weighted by Gasteiger charge is 2.41. The van der Waals surface area contributed by atoms with Crippen LogP contribution < -0.4 is 4.74 Å². The molecule has 5 atom stereocenters. The minimum atomic E-state index is -0.472. The molecular formula is C17H24O3. The summed E-state index contributed by atoms with van der Waals surface area (Å²) in [5.41, 5.74) is 0.953. The van der Waals surface area contributed by atoms with Crippen molar-refractivity contribution >= 4 is 0 Å². The Bertz CT molecular complexity index is 452. The molecule has 2 aliphatic rings. The van der Waals surface area contributed by atoms with Crippen LogP contribution >= 0.6 is 0 Å². The fourth-order valence-corrected chi connectivity index (χ4v) is 3.18. The van der Waals surface area contributed by atoms with Gasteiger partial charge < -0.3 is 14.6 Å². The average molecular weight is 276 g/mol. The molecule has 3 nitrogen and oxygen atoms in total. The average Bonchev–Trinajstić information content (AvgIpc) is 3.19. The van der Waals surface area contributed by atoms with E-state index in [1.54, 1.807) is 0 Å². The van der Waals surface area contributed by atoms with E-state index in [0.29, 0.717) is 12.0 Å². The van der Waals surface area contributed by atoms with Crippen LogP contribution in [0.4, 0.5) is 0 Å². The molecule has 0 radical (unpaired) electrons. The molecule has 110 valence electrons. The second kappa shape index (κ2) is 5.38. The van der Waals surface area contributed by atoms with Crippen LogP contribution in [0.5, 0.6) is 5.75 Å². The molecule has 0 aromatic heterocycles. The highest BCUT2D eigenvalue weighted by molar-refractivity contribution is 5.29. The van der Waals surface area contributed by atoms with E-state index < -0.39 is 6.10 Å². The zero-order valence-corrected chi connectivity index (χ0v) is 12.5. The molecule has 1 aliphatic carbocycles. The molecule has 0 bridgehead atoms. The molecule has 1 N–H and O–H groups in total. The first kappa shape index (κ1) is 13.9. The first-order valence-electron chi connectivity index (χ1n) is 7.66. The van der Waals surface area contributed by atoms with Crippen LogP contribution in [-0.4, -0.2) is 23.4 Å². The number of benzene rings is 1. The molecular weight excluding hydrogens is 252 g/mol. The molecule has 1 heterocycles. The minimum absolute atomic E-state index is 0.0948. The molecule has 0 spiro atoms. The lowest BCUT2D eigenvalue weighted by molar-refractivity contribution is 0.0231. The Morgan fingerprint density at radius 2 is 1.75 bits per heavy atom. The Morgan fingerprint density at radius 1 is 1.10 bits per heavy atom. The number of hydrogen-bond acceptors (Lipinski definition) is 3. The third kappa shape index (κ3) is 2.70. The van der Waals surface area contributed by atoms with Gasteiger partial charge in [0.1, 0.15) is 5.75 Å². The predicted octanol–water partition coefficient (Wildman–Crippen LogP) is 3.32. The highest BCUT2D eigenvalue weighted by Crippen LogP contribution is 2.40. The van der Waals surface area contributed by atoms with Gasteiger partial charge in [0.25, 0.3) is 0 Å². The summed E-state index contributed by atoms with van der Waals surface area (Å²) in [6, 6.07) is 7.88. The lowest BCUT2D eigenvalue weighted by Crippen LogP contribution is -2.24. The van der Waals surface area contributed by atoms with Crippen LogP contribution in [0.1, 0.15) is 45.3 Å². The maximum atomic E-state index is 10.6. The number of hydrogen-bond donors (Lipinski definition) is 1. The van der Waals surface area contributed by atoms with E-state index in [2.05, 4.69) is 20.8 Å². The van der Waals surface area contributed by atoms with Crippen molar-refractivity contribution in [2.75, 3.05) is 0 Å². The molecule has 1 aromatic rings. The molecule has 2 fully saturated rings. The van der Waals surface area contributed by atoms with E-state index in [9.17, 15) is 5.11 Å². The van der Waals surface area contributed by atoms with Crippen molar-refractivity contribution in [3.05, 3.63) is 29.8 Å². The van der Waals surface area contributed by atoms with Crippen LogP contribution in [-0.2, 0) is 4.74 Å². The van der Waals surface area contributed by atoms with Crippen molar-refractivity contribution in [3.8, 4) is 5.75 Å². The van der Waals surface area contributed by atoms with Crippen LogP contribution in [0, 0.1) is 11.8 Å². The summed E-state index contributed by atoms with van der Waals surface area (Å²) in [4.78, 5) is 0. The minimum Gasteiger partial charge on any atom is -0.490 e. The molecule has 5 unspecified atom stereocenters. The molecule has 1 aliphatic heterocycles. The fraction of sp³-hybridized carbons (Fsp3) is 0.647. The molecule has 1 saturated heterocycles. The van der Waals surface area contributed by atoms with E-state index in [4.69, 9.17) is 9.47 Å². The maximum Gasteiger partial charge on any atom is 0.119 e. The topological polar surface area (TPSA) is 38.7 Å². The van der Waals surface area contributed by atoms with E-state index >= 15 is 0 Å². The molecule has 0 amide bonds. The van der Waals surface area contributed by atoms with Crippen LogP contribution in [0.3, 0.4) is 0 Å². The van der Waals surface area contributed by atoms with E-state index in [1.807, 2.05) is 24.3 Å². The smallest absolute Gasteiger partial charge is 0.119 e. The zero-order valence-electron chi connectivity index (χ0n) is 12.5. The Labute approximate surface area is 120 Å². The van der Waals surface area contributed by atoms with Crippen molar-refractivity contribution in [1.82, 2.24) is 0 Å². The summed E-state index contributed by atoms with van der Waals surface area (Å²) in [7, 11) is 0. The number of aliphatic hydroxyl groups excluding tert-OH is 1. The summed E-state index contributed by atoms with van der Waals surface area (Å²) in [5, 5.41) is 10.6. The highest BCUT2D eigenvalue weighted by atomic mass is 16.5. The van der Waals surface area contributed by atoms with Crippen molar-refractivity contribution in [1.29, 1.82) is 0 Å². The van der Waals surface area contributed by atoms with Crippen molar-refractivity contribution in [2.45, 2.75) is 58.0 Å². The lowest BCUT2D eigenvalue weighted by Gasteiger charge is -2.25. The Kier molecular flexibility index (Phi) is 3.74. The maximum absolute atomic E-state index is 10.6. The number of aliphatic hydroxyl groups is 1. The molecule has 20 heavy (non-hydrogen) atoms. The van der Waals surface area contributed by atoms with Gasteiger partial charge in [-0.1, -0.05) is 19.1 Å². The van der Waals surface area contributed by atoms with Gasteiger partial charge in [0.15, 0.2) is 0 Å². The lowest BCUT2D eigenvalue weighted by atomic mass is 9.82. The summed E-state index contributed by atoms with van der Waals surface area (Å²) >= 11 is 0. The zero-order chi connectivity index (χ0) is 14.3. The van der Waals surface area contributed by atoms with Gasteiger partial charge in [0.2, 0.25) is 0 Å². The fourth-order valence-electron chi connectivity index (χ4n) is 3.18. The summed E-state index contributed by atoms with van der Waals surface area (Å²) < 4.78 is 11.6. The summed E-state index contributed by atoms with van der Waals surface area (Å²) in [6.07, 6.45) is 2.57. The van der Waals surface area contributed by atoms with Gasteiger partial charge in [-0.25, -0.2) is 0 Å². The first-order chi connectivity index (χ1) is 9.56.